The van der Waals surface area contributed by atoms with E-state index in [2.05, 4.69) is 51.7 Å². The molecule has 0 unspecified atom stereocenters. The fraction of sp³-hybridized carbons (Fsp3) is 0.353. The van der Waals surface area contributed by atoms with Gasteiger partial charge in [0.25, 0.3) is 0 Å². The SMILES string of the molecule is CSc1cccc(-c2nnc3ccc(N4CCCCC4)nn23)c1. The van der Waals surface area contributed by atoms with Gasteiger partial charge in [0.2, 0.25) is 0 Å². The van der Waals surface area contributed by atoms with Gasteiger partial charge in [-0.25, -0.2) is 0 Å². The molecule has 2 aromatic heterocycles. The van der Waals surface area contributed by atoms with Gasteiger partial charge in [0, 0.05) is 23.5 Å². The molecule has 118 valence electrons. The van der Waals surface area contributed by atoms with Gasteiger partial charge < -0.3 is 4.90 Å². The molecule has 6 heteroatoms. The van der Waals surface area contributed by atoms with E-state index < -0.39 is 0 Å². The molecule has 1 aliphatic heterocycles. The Morgan fingerprint density at radius 1 is 1.00 bits per heavy atom. The summed E-state index contributed by atoms with van der Waals surface area (Å²) in [6.07, 6.45) is 5.88. The first-order chi connectivity index (χ1) is 11.3. The van der Waals surface area contributed by atoms with Crippen molar-refractivity contribution in [1.82, 2.24) is 19.8 Å². The summed E-state index contributed by atoms with van der Waals surface area (Å²) in [7, 11) is 0. The van der Waals surface area contributed by atoms with Gasteiger partial charge >= 0.3 is 0 Å². The summed E-state index contributed by atoms with van der Waals surface area (Å²) in [6.45, 7) is 2.16. The van der Waals surface area contributed by atoms with Crippen molar-refractivity contribution in [3.05, 3.63) is 36.4 Å². The lowest BCUT2D eigenvalue weighted by Gasteiger charge is -2.27. The summed E-state index contributed by atoms with van der Waals surface area (Å²) in [5, 5.41) is 13.4. The van der Waals surface area contributed by atoms with Crippen LogP contribution in [0.4, 0.5) is 5.82 Å². The Bertz CT molecular complexity index is 823. The Labute approximate surface area is 139 Å². The number of fused-ring (bicyclic) bond motifs is 1. The number of piperidine rings is 1. The quantitative estimate of drug-likeness (QED) is 0.690. The fourth-order valence-corrected chi connectivity index (χ4v) is 3.47. The van der Waals surface area contributed by atoms with E-state index in [0.717, 1.165) is 35.9 Å². The van der Waals surface area contributed by atoms with Crippen LogP contribution in [-0.4, -0.2) is 39.2 Å². The van der Waals surface area contributed by atoms with Gasteiger partial charge in [0.05, 0.1) is 0 Å². The third kappa shape index (κ3) is 2.79. The molecule has 5 nitrogen and oxygen atoms in total. The summed E-state index contributed by atoms with van der Waals surface area (Å²) in [4.78, 5) is 3.57. The summed E-state index contributed by atoms with van der Waals surface area (Å²) < 4.78 is 1.86. The lowest BCUT2D eigenvalue weighted by atomic mass is 10.1. The van der Waals surface area contributed by atoms with Gasteiger partial charge in [-0.05, 0) is 49.8 Å². The Morgan fingerprint density at radius 2 is 1.87 bits per heavy atom. The molecule has 0 radical (unpaired) electrons. The highest BCUT2D eigenvalue weighted by molar-refractivity contribution is 7.98. The van der Waals surface area contributed by atoms with E-state index in [-0.39, 0.29) is 0 Å². The number of nitrogens with zero attached hydrogens (tertiary/aromatic N) is 5. The molecule has 1 aromatic carbocycles. The molecule has 0 amide bonds. The summed E-state index contributed by atoms with van der Waals surface area (Å²) in [5.41, 5.74) is 1.84. The van der Waals surface area contributed by atoms with E-state index in [1.807, 2.05) is 10.6 Å². The van der Waals surface area contributed by atoms with E-state index in [1.54, 1.807) is 11.8 Å². The lowest BCUT2D eigenvalue weighted by Crippen LogP contribution is -2.30. The van der Waals surface area contributed by atoms with Crippen molar-refractivity contribution in [2.75, 3.05) is 24.2 Å². The maximum Gasteiger partial charge on any atom is 0.185 e. The van der Waals surface area contributed by atoms with Crippen molar-refractivity contribution in [2.24, 2.45) is 0 Å². The number of benzene rings is 1. The molecule has 1 aliphatic rings. The van der Waals surface area contributed by atoms with E-state index in [1.165, 1.54) is 24.2 Å². The van der Waals surface area contributed by atoms with Gasteiger partial charge in [0.1, 0.15) is 5.82 Å². The van der Waals surface area contributed by atoms with Crippen molar-refractivity contribution < 1.29 is 0 Å². The van der Waals surface area contributed by atoms with Gasteiger partial charge in [-0.2, -0.15) is 4.52 Å². The Kier molecular flexibility index (Phi) is 3.91. The van der Waals surface area contributed by atoms with Gasteiger partial charge in [-0.3, -0.25) is 0 Å². The van der Waals surface area contributed by atoms with Crippen LogP contribution >= 0.6 is 11.8 Å². The fourth-order valence-electron chi connectivity index (χ4n) is 3.01. The minimum absolute atomic E-state index is 0.787. The molecule has 0 saturated carbocycles. The number of aromatic nitrogens is 4. The second kappa shape index (κ2) is 6.20. The highest BCUT2D eigenvalue weighted by atomic mass is 32.2. The van der Waals surface area contributed by atoms with Crippen LogP contribution in [-0.2, 0) is 0 Å². The van der Waals surface area contributed by atoms with Gasteiger partial charge in [-0.1, -0.05) is 12.1 Å². The van der Waals surface area contributed by atoms with Crippen molar-refractivity contribution in [1.29, 1.82) is 0 Å². The van der Waals surface area contributed by atoms with Crippen LogP contribution in [0.2, 0.25) is 0 Å². The minimum Gasteiger partial charge on any atom is -0.355 e. The third-order valence-corrected chi connectivity index (χ3v) is 4.98. The van der Waals surface area contributed by atoms with Crippen molar-refractivity contribution in [3.8, 4) is 11.4 Å². The lowest BCUT2D eigenvalue weighted by molar-refractivity contribution is 0.570. The monoisotopic (exact) mass is 325 g/mol. The first-order valence-corrected chi connectivity index (χ1v) is 9.19. The second-order valence-electron chi connectivity index (χ2n) is 5.76. The van der Waals surface area contributed by atoms with Crippen molar-refractivity contribution >= 4 is 23.2 Å². The predicted molar refractivity (Wildman–Crippen MR) is 94.1 cm³/mol. The number of thioether (sulfide) groups is 1. The van der Waals surface area contributed by atoms with Crippen LogP contribution in [0.3, 0.4) is 0 Å². The zero-order valence-electron chi connectivity index (χ0n) is 13.1. The first kappa shape index (κ1) is 14.5. The first-order valence-electron chi connectivity index (χ1n) is 7.97. The topological polar surface area (TPSA) is 46.3 Å². The maximum absolute atomic E-state index is 4.80. The highest BCUT2D eigenvalue weighted by Gasteiger charge is 2.15. The van der Waals surface area contributed by atoms with Crippen LogP contribution in [0.15, 0.2) is 41.3 Å². The van der Waals surface area contributed by atoms with Crippen molar-refractivity contribution in [3.63, 3.8) is 0 Å². The van der Waals surface area contributed by atoms with E-state index in [0.29, 0.717) is 0 Å². The smallest absolute Gasteiger partial charge is 0.185 e. The van der Waals surface area contributed by atoms with E-state index in [4.69, 9.17) is 5.10 Å². The Balaban J connectivity index is 1.77. The molecule has 1 fully saturated rings. The van der Waals surface area contributed by atoms with Crippen molar-refractivity contribution in [2.45, 2.75) is 24.2 Å². The molecule has 3 heterocycles. The molecular formula is C17H19N5S. The third-order valence-electron chi connectivity index (χ3n) is 4.26. The average molecular weight is 325 g/mol. The van der Waals surface area contributed by atoms with Gasteiger partial charge in [-0.15, -0.1) is 27.1 Å². The van der Waals surface area contributed by atoms with E-state index in [9.17, 15) is 0 Å². The van der Waals surface area contributed by atoms with Crippen LogP contribution in [0, 0.1) is 0 Å². The van der Waals surface area contributed by atoms with Crippen LogP contribution in [0.5, 0.6) is 0 Å². The molecule has 23 heavy (non-hydrogen) atoms. The average Bonchev–Trinajstić information content (AvgIpc) is 3.05. The minimum atomic E-state index is 0.787. The zero-order valence-corrected chi connectivity index (χ0v) is 14.0. The maximum atomic E-state index is 4.80. The Hall–Kier alpha value is -2.08. The molecule has 0 aliphatic carbocycles. The molecule has 3 aromatic rings. The number of hydrogen-bond acceptors (Lipinski definition) is 5. The summed E-state index contributed by atoms with van der Waals surface area (Å²) in [6, 6.07) is 12.4. The summed E-state index contributed by atoms with van der Waals surface area (Å²) >= 11 is 1.73. The molecular weight excluding hydrogens is 306 g/mol. The molecule has 0 spiro atoms. The normalized spacial score (nSPS) is 15.3. The molecule has 4 rings (SSSR count). The standard InChI is InChI=1S/C17H19N5S/c1-23-14-7-5-6-13(12-14)17-19-18-15-8-9-16(20-22(15)17)21-10-3-2-4-11-21/h5-9,12H,2-4,10-11H2,1H3. The van der Waals surface area contributed by atoms with Gasteiger partial charge in [0.15, 0.2) is 11.5 Å². The molecule has 0 N–H and O–H groups in total. The Morgan fingerprint density at radius 3 is 2.70 bits per heavy atom. The van der Waals surface area contributed by atoms with E-state index >= 15 is 0 Å². The number of hydrogen-bond donors (Lipinski definition) is 0. The summed E-state index contributed by atoms with van der Waals surface area (Å²) in [5.74, 6) is 1.81. The zero-order chi connectivity index (χ0) is 15.6. The van der Waals surface area contributed by atoms with Crippen LogP contribution < -0.4 is 4.90 Å². The second-order valence-corrected chi connectivity index (χ2v) is 6.64. The predicted octanol–water partition coefficient (Wildman–Crippen LogP) is 3.50. The molecule has 1 saturated heterocycles. The van der Waals surface area contributed by atoms with Crippen LogP contribution in [0.25, 0.3) is 17.0 Å². The largest absolute Gasteiger partial charge is 0.355 e. The number of rotatable bonds is 3. The van der Waals surface area contributed by atoms with Crippen LogP contribution in [0.1, 0.15) is 19.3 Å². The number of anilines is 1. The molecule has 0 bridgehead atoms. The molecule has 0 atom stereocenters. The highest BCUT2D eigenvalue weighted by Crippen LogP contribution is 2.24.